The molecule has 0 saturated carbocycles. The van der Waals surface area contributed by atoms with Crippen LogP contribution in [0, 0.1) is 11.5 Å². The van der Waals surface area contributed by atoms with Gasteiger partial charge in [0.2, 0.25) is 0 Å². The lowest BCUT2D eigenvalue weighted by Crippen LogP contribution is -2.26. The van der Waals surface area contributed by atoms with Crippen LogP contribution in [0.5, 0.6) is 0 Å². The molecule has 0 fully saturated rings. The van der Waals surface area contributed by atoms with Crippen molar-refractivity contribution in [1.29, 1.82) is 5.26 Å². The largest absolute Gasteiger partial charge is 0.268 e. The maximum Gasteiger partial charge on any atom is 0.267 e. The summed E-state index contributed by atoms with van der Waals surface area (Å²) in [6.07, 6.45) is 3.75. The minimum absolute atomic E-state index is 0.263. The minimum Gasteiger partial charge on any atom is -0.268 e. The van der Waals surface area contributed by atoms with E-state index in [1.807, 2.05) is 32.2 Å². The molecule has 82 valence electrons. The zero-order valence-corrected chi connectivity index (χ0v) is 9.47. The number of benzene rings is 1. The fraction of sp³-hybridized carbons (Fsp3) is 0.231. The molecule has 0 aromatic heterocycles. The van der Waals surface area contributed by atoms with Gasteiger partial charge in [0.15, 0.2) is 6.19 Å². The number of nitrogens with zero attached hydrogens (tertiary/aromatic N) is 2. The van der Waals surface area contributed by atoms with E-state index < -0.39 is 0 Å². The third kappa shape index (κ3) is 3.25. The summed E-state index contributed by atoms with van der Waals surface area (Å²) >= 11 is 0. The number of carbonyl (C=O) groups is 1. The Labute approximate surface area is 95.6 Å². The number of allylic oxidation sites excluding steroid dienone is 1. The van der Waals surface area contributed by atoms with E-state index in [-0.39, 0.29) is 5.91 Å². The summed E-state index contributed by atoms with van der Waals surface area (Å²) in [6, 6.07) is 8.81. The first-order valence-corrected chi connectivity index (χ1v) is 5.05. The van der Waals surface area contributed by atoms with Gasteiger partial charge in [0.25, 0.3) is 5.91 Å². The Morgan fingerprint density at radius 3 is 2.50 bits per heavy atom. The van der Waals surface area contributed by atoms with Gasteiger partial charge >= 0.3 is 0 Å². The van der Waals surface area contributed by atoms with Crippen molar-refractivity contribution in [2.75, 3.05) is 6.54 Å². The first kappa shape index (κ1) is 12.0. The van der Waals surface area contributed by atoms with Gasteiger partial charge < -0.3 is 0 Å². The normalized spacial score (nSPS) is 9.06. The van der Waals surface area contributed by atoms with Crippen LogP contribution >= 0.6 is 0 Å². The molecule has 1 amide bonds. The molecule has 1 rings (SSSR count). The van der Waals surface area contributed by atoms with E-state index in [1.54, 1.807) is 24.3 Å². The Morgan fingerprint density at radius 1 is 1.38 bits per heavy atom. The first-order valence-electron chi connectivity index (χ1n) is 5.05. The molecular weight excluding hydrogens is 200 g/mol. The Hall–Kier alpha value is -2.08. The molecule has 3 nitrogen and oxygen atoms in total. The van der Waals surface area contributed by atoms with E-state index in [1.165, 1.54) is 0 Å². The van der Waals surface area contributed by atoms with Gasteiger partial charge in [-0.2, -0.15) is 5.26 Å². The smallest absolute Gasteiger partial charge is 0.267 e. The van der Waals surface area contributed by atoms with Crippen molar-refractivity contribution in [2.24, 2.45) is 0 Å². The van der Waals surface area contributed by atoms with Crippen LogP contribution in [-0.2, 0) is 0 Å². The van der Waals surface area contributed by atoms with Crippen LogP contribution in [0.2, 0.25) is 0 Å². The van der Waals surface area contributed by atoms with Crippen LogP contribution in [0.25, 0.3) is 0 Å². The summed E-state index contributed by atoms with van der Waals surface area (Å²) in [7, 11) is 0. The van der Waals surface area contributed by atoms with E-state index in [0.29, 0.717) is 12.1 Å². The van der Waals surface area contributed by atoms with Crippen molar-refractivity contribution in [3.05, 3.63) is 47.5 Å². The van der Waals surface area contributed by atoms with Crippen LogP contribution in [-0.4, -0.2) is 17.4 Å². The maximum absolute atomic E-state index is 11.9. The standard InChI is InChI=1S/C13H14N2O/c1-11(2)8-9-15(10-14)13(16)12-6-4-3-5-7-12/h3-8H,9H2,1-2H3. The van der Waals surface area contributed by atoms with Crippen molar-refractivity contribution >= 4 is 5.91 Å². The lowest BCUT2D eigenvalue weighted by Gasteiger charge is -2.11. The molecule has 0 heterocycles. The summed E-state index contributed by atoms with van der Waals surface area (Å²) in [4.78, 5) is 13.0. The Bertz CT molecular complexity index is 425. The zero-order valence-electron chi connectivity index (χ0n) is 9.47. The fourth-order valence-corrected chi connectivity index (χ4v) is 1.18. The van der Waals surface area contributed by atoms with Gasteiger partial charge in [0.05, 0.1) is 6.54 Å². The summed E-state index contributed by atoms with van der Waals surface area (Å²) in [5.41, 5.74) is 1.62. The highest BCUT2D eigenvalue weighted by Gasteiger charge is 2.13. The van der Waals surface area contributed by atoms with Crippen molar-refractivity contribution in [3.63, 3.8) is 0 Å². The van der Waals surface area contributed by atoms with Gasteiger partial charge in [-0.1, -0.05) is 29.8 Å². The van der Waals surface area contributed by atoms with E-state index in [4.69, 9.17) is 5.26 Å². The molecule has 0 spiro atoms. The Balaban J connectivity index is 2.80. The molecule has 0 bridgehead atoms. The molecule has 1 aromatic carbocycles. The molecule has 0 atom stereocenters. The number of amides is 1. The molecular formula is C13H14N2O. The molecule has 0 saturated heterocycles. The SMILES string of the molecule is CC(C)=CCN(C#N)C(=O)c1ccccc1. The van der Waals surface area contributed by atoms with Crippen LogP contribution < -0.4 is 0 Å². The third-order valence-electron chi connectivity index (χ3n) is 2.07. The van der Waals surface area contributed by atoms with Gasteiger partial charge in [0.1, 0.15) is 0 Å². The van der Waals surface area contributed by atoms with Gasteiger partial charge in [-0.3, -0.25) is 4.79 Å². The monoisotopic (exact) mass is 214 g/mol. The lowest BCUT2D eigenvalue weighted by atomic mass is 10.2. The third-order valence-corrected chi connectivity index (χ3v) is 2.07. The maximum atomic E-state index is 11.9. The second-order valence-corrected chi connectivity index (χ2v) is 3.66. The Kier molecular flexibility index (Phi) is 4.28. The number of carbonyl (C=O) groups excluding carboxylic acids is 1. The second-order valence-electron chi connectivity index (χ2n) is 3.66. The van der Waals surface area contributed by atoms with E-state index in [2.05, 4.69) is 0 Å². The first-order chi connectivity index (χ1) is 7.65. The summed E-state index contributed by atoms with van der Waals surface area (Å²) in [6.45, 7) is 4.19. The molecule has 0 aliphatic carbocycles. The predicted molar refractivity (Wildman–Crippen MR) is 62.5 cm³/mol. The van der Waals surface area contributed by atoms with Gasteiger partial charge in [0, 0.05) is 5.56 Å². The zero-order chi connectivity index (χ0) is 12.0. The van der Waals surface area contributed by atoms with Crippen molar-refractivity contribution in [2.45, 2.75) is 13.8 Å². The highest BCUT2D eigenvalue weighted by atomic mass is 16.2. The van der Waals surface area contributed by atoms with Gasteiger partial charge in [-0.05, 0) is 26.0 Å². The highest BCUT2D eigenvalue weighted by molar-refractivity contribution is 5.95. The summed E-state index contributed by atoms with van der Waals surface area (Å²) in [5, 5.41) is 8.90. The second kappa shape index (κ2) is 5.72. The molecule has 0 aliphatic heterocycles. The number of hydrogen-bond donors (Lipinski definition) is 0. The average Bonchev–Trinajstić information content (AvgIpc) is 2.30. The van der Waals surface area contributed by atoms with Crippen molar-refractivity contribution in [3.8, 4) is 6.19 Å². The van der Waals surface area contributed by atoms with E-state index in [9.17, 15) is 4.79 Å². The van der Waals surface area contributed by atoms with Crippen LogP contribution in [0.4, 0.5) is 0 Å². The molecule has 0 radical (unpaired) electrons. The lowest BCUT2D eigenvalue weighted by molar-refractivity contribution is 0.0844. The number of nitriles is 1. The van der Waals surface area contributed by atoms with Gasteiger partial charge in [-0.25, -0.2) is 4.90 Å². The van der Waals surface area contributed by atoms with E-state index >= 15 is 0 Å². The topological polar surface area (TPSA) is 44.1 Å². The average molecular weight is 214 g/mol. The minimum atomic E-state index is -0.263. The molecule has 0 aliphatic rings. The molecule has 0 N–H and O–H groups in total. The summed E-state index contributed by atoms with van der Waals surface area (Å²) in [5.74, 6) is -0.263. The van der Waals surface area contributed by atoms with Crippen molar-refractivity contribution in [1.82, 2.24) is 4.90 Å². The molecule has 3 heteroatoms. The number of hydrogen-bond acceptors (Lipinski definition) is 2. The van der Waals surface area contributed by atoms with Gasteiger partial charge in [-0.15, -0.1) is 0 Å². The summed E-state index contributed by atoms with van der Waals surface area (Å²) < 4.78 is 0. The van der Waals surface area contributed by atoms with Crippen molar-refractivity contribution < 1.29 is 4.79 Å². The van der Waals surface area contributed by atoms with Crippen LogP contribution in [0.1, 0.15) is 24.2 Å². The number of rotatable bonds is 3. The molecule has 16 heavy (non-hydrogen) atoms. The molecule has 1 aromatic rings. The van der Waals surface area contributed by atoms with Crippen LogP contribution in [0.15, 0.2) is 42.0 Å². The quantitative estimate of drug-likeness (QED) is 0.441. The molecule has 0 unspecified atom stereocenters. The fourth-order valence-electron chi connectivity index (χ4n) is 1.18. The van der Waals surface area contributed by atoms with Crippen LogP contribution in [0.3, 0.4) is 0 Å². The van der Waals surface area contributed by atoms with E-state index in [0.717, 1.165) is 10.5 Å². The Morgan fingerprint density at radius 2 is 2.00 bits per heavy atom. The highest BCUT2D eigenvalue weighted by Crippen LogP contribution is 2.04. The predicted octanol–water partition coefficient (Wildman–Crippen LogP) is 2.58.